The van der Waals surface area contributed by atoms with E-state index in [-0.39, 0.29) is 6.04 Å². The van der Waals surface area contributed by atoms with E-state index in [1.165, 1.54) is 24.8 Å². The van der Waals surface area contributed by atoms with Crippen LogP contribution in [0.1, 0.15) is 30.9 Å². The molecule has 74 valence electrons. The van der Waals surface area contributed by atoms with Crippen LogP contribution >= 0.6 is 0 Å². The van der Waals surface area contributed by atoms with Gasteiger partial charge in [-0.1, -0.05) is 42.5 Å². The normalized spacial score (nSPS) is 23.4. The van der Waals surface area contributed by atoms with Gasteiger partial charge < -0.3 is 5.73 Å². The highest BCUT2D eigenvalue weighted by atomic mass is 14.6. The molecular weight excluding hydrogens is 170 g/mol. The Bertz CT molecular complexity index is 302. The van der Waals surface area contributed by atoms with Gasteiger partial charge in [-0.15, -0.1) is 0 Å². The van der Waals surface area contributed by atoms with Gasteiger partial charge in [0.1, 0.15) is 0 Å². The van der Waals surface area contributed by atoms with E-state index in [9.17, 15) is 0 Å². The lowest BCUT2D eigenvalue weighted by Gasteiger charge is -2.23. The lowest BCUT2D eigenvalue weighted by molar-refractivity contribution is 0.456. The van der Waals surface area contributed by atoms with Crippen LogP contribution in [0.2, 0.25) is 0 Å². The molecule has 0 saturated carbocycles. The zero-order chi connectivity index (χ0) is 9.80. The Morgan fingerprint density at radius 1 is 1.21 bits per heavy atom. The third-order valence-electron chi connectivity index (χ3n) is 2.94. The molecule has 0 aliphatic heterocycles. The molecule has 1 aliphatic carbocycles. The zero-order valence-corrected chi connectivity index (χ0v) is 8.39. The maximum absolute atomic E-state index is 6.22. The fraction of sp³-hybridized carbons (Fsp3) is 0.385. The number of benzene rings is 1. The second kappa shape index (κ2) is 4.43. The molecule has 1 aromatic rings. The van der Waals surface area contributed by atoms with Crippen LogP contribution in [-0.2, 0) is 0 Å². The third-order valence-corrected chi connectivity index (χ3v) is 2.94. The van der Waals surface area contributed by atoms with Crippen LogP contribution in [0.25, 0.3) is 0 Å². The first-order valence-corrected chi connectivity index (χ1v) is 5.35. The molecule has 2 atom stereocenters. The van der Waals surface area contributed by atoms with E-state index >= 15 is 0 Å². The smallest absolute Gasteiger partial charge is 0.0358 e. The number of allylic oxidation sites excluding steroid dienone is 1. The summed E-state index contributed by atoms with van der Waals surface area (Å²) >= 11 is 0. The molecule has 2 rings (SSSR count). The van der Waals surface area contributed by atoms with Crippen LogP contribution in [-0.4, -0.2) is 0 Å². The molecule has 0 radical (unpaired) electrons. The summed E-state index contributed by atoms with van der Waals surface area (Å²) in [6.07, 6.45) is 8.27. The molecular formula is C13H17N. The van der Waals surface area contributed by atoms with E-state index in [1.807, 2.05) is 6.07 Å². The van der Waals surface area contributed by atoms with Crippen molar-refractivity contribution >= 4 is 0 Å². The van der Waals surface area contributed by atoms with Crippen molar-refractivity contribution in [2.75, 3.05) is 0 Å². The Morgan fingerprint density at radius 3 is 2.64 bits per heavy atom. The molecule has 1 aliphatic rings. The Morgan fingerprint density at radius 2 is 2.00 bits per heavy atom. The highest BCUT2D eigenvalue weighted by molar-refractivity contribution is 5.20. The van der Waals surface area contributed by atoms with Crippen LogP contribution in [0.3, 0.4) is 0 Å². The van der Waals surface area contributed by atoms with Crippen molar-refractivity contribution in [2.45, 2.75) is 25.3 Å². The first kappa shape index (κ1) is 9.47. The Kier molecular flexibility index (Phi) is 3.00. The summed E-state index contributed by atoms with van der Waals surface area (Å²) in [5.74, 6) is 0.533. The van der Waals surface area contributed by atoms with Gasteiger partial charge in [-0.05, 0) is 30.7 Å². The topological polar surface area (TPSA) is 26.0 Å². The molecule has 1 heteroatoms. The van der Waals surface area contributed by atoms with E-state index in [1.54, 1.807) is 0 Å². The van der Waals surface area contributed by atoms with Crippen molar-refractivity contribution in [3.63, 3.8) is 0 Å². The van der Waals surface area contributed by atoms with Crippen molar-refractivity contribution < 1.29 is 0 Å². The average molecular weight is 187 g/mol. The van der Waals surface area contributed by atoms with E-state index in [0.717, 1.165) is 0 Å². The minimum atomic E-state index is 0.174. The van der Waals surface area contributed by atoms with Gasteiger partial charge in [0, 0.05) is 6.04 Å². The maximum atomic E-state index is 6.22. The minimum Gasteiger partial charge on any atom is -0.323 e. The first-order chi connectivity index (χ1) is 6.88. The zero-order valence-electron chi connectivity index (χ0n) is 8.39. The van der Waals surface area contributed by atoms with Gasteiger partial charge in [-0.3, -0.25) is 0 Å². The third kappa shape index (κ3) is 2.05. The molecule has 1 nitrogen and oxygen atoms in total. The van der Waals surface area contributed by atoms with Gasteiger partial charge in [0.15, 0.2) is 0 Å². The van der Waals surface area contributed by atoms with E-state index in [0.29, 0.717) is 5.92 Å². The van der Waals surface area contributed by atoms with Crippen LogP contribution in [0.15, 0.2) is 42.5 Å². The second-order valence-corrected chi connectivity index (χ2v) is 3.96. The minimum absolute atomic E-state index is 0.174. The van der Waals surface area contributed by atoms with Gasteiger partial charge in [0.25, 0.3) is 0 Å². The molecule has 0 saturated heterocycles. The molecule has 0 amide bonds. The quantitative estimate of drug-likeness (QED) is 0.707. The molecule has 2 N–H and O–H groups in total. The standard InChI is InChI=1S/C13H17N/c14-13(11-7-3-1-4-8-11)12-9-5-2-6-10-12/h1,3-5,7-9,12-13H,2,6,10,14H2. The Hall–Kier alpha value is -1.08. The van der Waals surface area contributed by atoms with Crippen LogP contribution in [0.5, 0.6) is 0 Å². The molecule has 0 bridgehead atoms. The van der Waals surface area contributed by atoms with Crippen molar-refractivity contribution in [1.82, 2.24) is 0 Å². The Labute approximate surface area is 85.6 Å². The van der Waals surface area contributed by atoms with E-state index < -0.39 is 0 Å². The number of hydrogen-bond acceptors (Lipinski definition) is 1. The van der Waals surface area contributed by atoms with Gasteiger partial charge in [-0.25, -0.2) is 0 Å². The van der Waals surface area contributed by atoms with Crippen molar-refractivity contribution in [3.8, 4) is 0 Å². The summed E-state index contributed by atoms with van der Waals surface area (Å²) in [5.41, 5.74) is 7.47. The molecule has 1 aromatic carbocycles. The van der Waals surface area contributed by atoms with Gasteiger partial charge in [0.05, 0.1) is 0 Å². The number of hydrogen-bond donors (Lipinski definition) is 1. The molecule has 0 heterocycles. The molecule has 0 fully saturated rings. The fourth-order valence-corrected chi connectivity index (χ4v) is 2.06. The lowest BCUT2D eigenvalue weighted by Crippen LogP contribution is -2.21. The lowest BCUT2D eigenvalue weighted by atomic mass is 9.86. The van der Waals surface area contributed by atoms with Gasteiger partial charge >= 0.3 is 0 Å². The number of rotatable bonds is 2. The fourth-order valence-electron chi connectivity index (χ4n) is 2.06. The molecule has 2 unspecified atom stereocenters. The largest absolute Gasteiger partial charge is 0.323 e. The summed E-state index contributed by atoms with van der Waals surface area (Å²) in [6, 6.07) is 10.6. The summed E-state index contributed by atoms with van der Waals surface area (Å²) in [5, 5.41) is 0. The van der Waals surface area contributed by atoms with Crippen molar-refractivity contribution in [3.05, 3.63) is 48.0 Å². The summed E-state index contributed by atoms with van der Waals surface area (Å²) in [7, 11) is 0. The average Bonchev–Trinajstić information content (AvgIpc) is 2.30. The van der Waals surface area contributed by atoms with Gasteiger partial charge in [-0.2, -0.15) is 0 Å². The summed E-state index contributed by atoms with van der Waals surface area (Å²) in [4.78, 5) is 0. The predicted octanol–water partition coefficient (Wildman–Crippen LogP) is 3.04. The first-order valence-electron chi connectivity index (χ1n) is 5.35. The summed E-state index contributed by atoms with van der Waals surface area (Å²) in [6.45, 7) is 0. The predicted molar refractivity (Wildman–Crippen MR) is 59.9 cm³/mol. The monoisotopic (exact) mass is 187 g/mol. The van der Waals surface area contributed by atoms with Crippen LogP contribution in [0.4, 0.5) is 0 Å². The summed E-state index contributed by atoms with van der Waals surface area (Å²) < 4.78 is 0. The number of nitrogens with two attached hydrogens (primary N) is 1. The Balaban J connectivity index is 2.11. The van der Waals surface area contributed by atoms with Crippen molar-refractivity contribution in [1.29, 1.82) is 0 Å². The van der Waals surface area contributed by atoms with E-state index in [2.05, 4.69) is 36.4 Å². The molecule has 14 heavy (non-hydrogen) atoms. The maximum Gasteiger partial charge on any atom is 0.0358 e. The molecule has 0 aromatic heterocycles. The highest BCUT2D eigenvalue weighted by Gasteiger charge is 2.17. The van der Waals surface area contributed by atoms with E-state index in [4.69, 9.17) is 5.73 Å². The van der Waals surface area contributed by atoms with Crippen LogP contribution in [0, 0.1) is 5.92 Å². The van der Waals surface area contributed by atoms with Gasteiger partial charge in [0.2, 0.25) is 0 Å². The van der Waals surface area contributed by atoms with Crippen molar-refractivity contribution in [2.24, 2.45) is 11.7 Å². The SMILES string of the molecule is NC(c1ccccc1)C1C=CCCC1. The second-order valence-electron chi connectivity index (χ2n) is 3.96. The highest BCUT2D eigenvalue weighted by Crippen LogP contribution is 2.28. The van der Waals surface area contributed by atoms with Crippen LogP contribution < -0.4 is 5.73 Å². The molecule has 0 spiro atoms.